The van der Waals surface area contributed by atoms with Gasteiger partial charge in [0, 0.05) is 49.3 Å². The second kappa shape index (κ2) is 6.16. The second-order valence-corrected chi connectivity index (χ2v) is 6.58. The topological polar surface area (TPSA) is 43.8 Å². The number of carboxylic acid groups (broad SMARTS) is 1. The quantitative estimate of drug-likeness (QED) is 0.913. The first-order valence-corrected chi connectivity index (χ1v) is 8.09. The van der Waals surface area contributed by atoms with Crippen LogP contribution in [0.25, 0.3) is 0 Å². The van der Waals surface area contributed by atoms with Gasteiger partial charge < -0.3 is 10.0 Å². The third-order valence-corrected chi connectivity index (χ3v) is 5.35. The highest BCUT2D eigenvalue weighted by molar-refractivity contribution is 7.99. The molecule has 1 fully saturated rings. The number of piperazine rings is 1. The smallest absolute Gasteiger partial charge is 0.317 e. The monoisotopic (exact) mass is 292 g/mol. The molecule has 0 bridgehead atoms. The lowest BCUT2D eigenvalue weighted by molar-refractivity contribution is -0.138. The summed E-state index contributed by atoms with van der Waals surface area (Å²) >= 11 is 1.96. The number of thioether (sulfide) groups is 1. The molecule has 1 saturated heterocycles. The standard InChI is InChI=1S/C15H20N2O2S/c18-15(19)10-17-7-5-16(6-8-17)9-12-11-20-14-4-2-1-3-13(12)14/h1-4,12H,5-11H2,(H,18,19). The Bertz CT molecular complexity index is 487. The van der Waals surface area contributed by atoms with Crippen LogP contribution in [0.5, 0.6) is 0 Å². The van der Waals surface area contributed by atoms with Crippen molar-refractivity contribution in [1.82, 2.24) is 9.80 Å². The summed E-state index contributed by atoms with van der Waals surface area (Å²) in [5.41, 5.74) is 1.49. The van der Waals surface area contributed by atoms with Crippen LogP contribution < -0.4 is 0 Å². The minimum absolute atomic E-state index is 0.177. The molecule has 0 spiro atoms. The van der Waals surface area contributed by atoms with E-state index in [0.29, 0.717) is 5.92 Å². The Balaban J connectivity index is 1.52. The first kappa shape index (κ1) is 13.9. The molecule has 3 rings (SSSR count). The van der Waals surface area contributed by atoms with Gasteiger partial charge in [0.1, 0.15) is 0 Å². The zero-order valence-electron chi connectivity index (χ0n) is 11.5. The van der Waals surface area contributed by atoms with Crippen LogP contribution >= 0.6 is 11.8 Å². The Morgan fingerprint density at radius 2 is 1.90 bits per heavy atom. The van der Waals surface area contributed by atoms with E-state index in [1.807, 2.05) is 16.7 Å². The number of hydrogen-bond acceptors (Lipinski definition) is 4. The van der Waals surface area contributed by atoms with Gasteiger partial charge in [-0.1, -0.05) is 18.2 Å². The maximum absolute atomic E-state index is 10.7. The van der Waals surface area contributed by atoms with Crippen molar-refractivity contribution in [2.75, 3.05) is 45.0 Å². The molecule has 0 radical (unpaired) electrons. The first-order valence-electron chi connectivity index (χ1n) is 7.10. The maximum atomic E-state index is 10.7. The molecule has 1 aromatic carbocycles. The zero-order chi connectivity index (χ0) is 13.9. The number of carbonyl (C=O) groups is 1. The van der Waals surface area contributed by atoms with Crippen LogP contribution in [0, 0.1) is 0 Å². The minimum atomic E-state index is -0.723. The third-order valence-electron chi connectivity index (χ3n) is 4.10. The molecule has 4 nitrogen and oxygen atoms in total. The fraction of sp³-hybridized carbons (Fsp3) is 0.533. The second-order valence-electron chi connectivity index (χ2n) is 5.52. The molecule has 1 atom stereocenters. The highest BCUT2D eigenvalue weighted by Crippen LogP contribution is 2.39. The van der Waals surface area contributed by atoms with Gasteiger partial charge in [-0.05, 0) is 11.6 Å². The summed E-state index contributed by atoms with van der Waals surface area (Å²) in [7, 11) is 0. The molecule has 1 unspecified atom stereocenters. The molecule has 2 aliphatic rings. The van der Waals surface area contributed by atoms with E-state index < -0.39 is 5.97 Å². The van der Waals surface area contributed by atoms with Crippen molar-refractivity contribution in [3.8, 4) is 0 Å². The largest absolute Gasteiger partial charge is 0.480 e. The summed E-state index contributed by atoms with van der Waals surface area (Å²) in [6.45, 7) is 4.98. The number of carboxylic acids is 1. The number of hydrogen-bond donors (Lipinski definition) is 1. The molecule has 0 aliphatic carbocycles. The van der Waals surface area contributed by atoms with Gasteiger partial charge in [0.25, 0.3) is 0 Å². The lowest BCUT2D eigenvalue weighted by Crippen LogP contribution is -2.48. The summed E-state index contributed by atoms with van der Waals surface area (Å²) in [6, 6.07) is 8.70. The van der Waals surface area contributed by atoms with E-state index in [1.54, 1.807) is 0 Å². The highest BCUT2D eigenvalue weighted by atomic mass is 32.2. The average Bonchev–Trinajstić information content (AvgIpc) is 2.84. The highest BCUT2D eigenvalue weighted by Gasteiger charge is 2.26. The Morgan fingerprint density at radius 1 is 1.20 bits per heavy atom. The van der Waals surface area contributed by atoms with Gasteiger partial charge in [-0.15, -0.1) is 11.8 Å². The predicted octanol–water partition coefficient (Wildman–Crippen LogP) is 1.58. The average molecular weight is 292 g/mol. The van der Waals surface area contributed by atoms with E-state index in [2.05, 4.69) is 29.2 Å². The summed E-state index contributed by atoms with van der Waals surface area (Å²) in [4.78, 5) is 16.6. The van der Waals surface area contributed by atoms with Crippen LogP contribution in [-0.2, 0) is 4.79 Å². The zero-order valence-corrected chi connectivity index (χ0v) is 12.3. The van der Waals surface area contributed by atoms with E-state index in [9.17, 15) is 4.79 Å². The molecule has 20 heavy (non-hydrogen) atoms. The fourth-order valence-electron chi connectivity index (χ4n) is 3.01. The normalized spacial score (nSPS) is 23.7. The minimum Gasteiger partial charge on any atom is -0.480 e. The van der Waals surface area contributed by atoms with Crippen molar-refractivity contribution < 1.29 is 9.90 Å². The molecule has 2 aliphatic heterocycles. The van der Waals surface area contributed by atoms with Crippen LogP contribution in [-0.4, -0.2) is 65.9 Å². The van der Waals surface area contributed by atoms with E-state index in [-0.39, 0.29) is 6.54 Å². The van der Waals surface area contributed by atoms with Crippen molar-refractivity contribution in [2.45, 2.75) is 10.8 Å². The molecule has 108 valence electrons. The molecular formula is C15H20N2O2S. The number of nitrogens with zero attached hydrogens (tertiary/aromatic N) is 2. The van der Waals surface area contributed by atoms with Crippen LogP contribution in [0.4, 0.5) is 0 Å². The molecule has 0 amide bonds. The van der Waals surface area contributed by atoms with Crippen molar-refractivity contribution in [2.24, 2.45) is 0 Å². The van der Waals surface area contributed by atoms with Gasteiger partial charge >= 0.3 is 5.97 Å². The van der Waals surface area contributed by atoms with E-state index >= 15 is 0 Å². The third kappa shape index (κ3) is 3.16. The van der Waals surface area contributed by atoms with Gasteiger partial charge in [-0.25, -0.2) is 0 Å². The number of rotatable bonds is 4. The number of aliphatic carboxylic acids is 1. The first-order chi connectivity index (χ1) is 9.72. The summed E-state index contributed by atoms with van der Waals surface area (Å²) in [5, 5.41) is 8.81. The molecule has 5 heteroatoms. The van der Waals surface area contributed by atoms with Crippen LogP contribution in [0.1, 0.15) is 11.5 Å². The van der Waals surface area contributed by atoms with Gasteiger partial charge in [-0.3, -0.25) is 9.69 Å². The Morgan fingerprint density at radius 3 is 2.65 bits per heavy atom. The Labute approximate surface area is 123 Å². The van der Waals surface area contributed by atoms with Gasteiger partial charge in [0.05, 0.1) is 6.54 Å². The predicted molar refractivity (Wildman–Crippen MR) is 80.4 cm³/mol. The van der Waals surface area contributed by atoms with Gasteiger partial charge in [-0.2, -0.15) is 0 Å². The lowest BCUT2D eigenvalue weighted by Gasteiger charge is -2.35. The maximum Gasteiger partial charge on any atom is 0.317 e. The number of fused-ring (bicyclic) bond motifs is 1. The Kier molecular flexibility index (Phi) is 4.29. The van der Waals surface area contributed by atoms with Crippen LogP contribution in [0.2, 0.25) is 0 Å². The summed E-state index contributed by atoms with van der Waals surface area (Å²) in [6.07, 6.45) is 0. The van der Waals surface area contributed by atoms with Crippen molar-refractivity contribution in [1.29, 1.82) is 0 Å². The lowest BCUT2D eigenvalue weighted by atomic mass is 10.0. The molecule has 1 N–H and O–H groups in total. The summed E-state index contributed by atoms with van der Waals surface area (Å²) < 4.78 is 0. The van der Waals surface area contributed by atoms with Gasteiger partial charge in [0.2, 0.25) is 0 Å². The van der Waals surface area contributed by atoms with Crippen LogP contribution in [0.3, 0.4) is 0 Å². The van der Waals surface area contributed by atoms with E-state index in [4.69, 9.17) is 5.11 Å². The number of benzene rings is 1. The van der Waals surface area contributed by atoms with Gasteiger partial charge in [0.15, 0.2) is 0 Å². The molecule has 0 aromatic heterocycles. The fourth-order valence-corrected chi connectivity index (χ4v) is 4.26. The molecule has 1 aromatic rings. The summed E-state index contributed by atoms with van der Waals surface area (Å²) in [5.74, 6) is 1.08. The van der Waals surface area contributed by atoms with E-state index in [0.717, 1.165) is 32.7 Å². The van der Waals surface area contributed by atoms with Crippen molar-refractivity contribution in [3.63, 3.8) is 0 Å². The molecule has 2 heterocycles. The Hall–Kier alpha value is -1.04. The van der Waals surface area contributed by atoms with Crippen molar-refractivity contribution >= 4 is 17.7 Å². The van der Waals surface area contributed by atoms with E-state index in [1.165, 1.54) is 16.2 Å². The SMILES string of the molecule is O=C(O)CN1CCN(CC2CSc3ccccc32)CC1. The van der Waals surface area contributed by atoms with Crippen LogP contribution in [0.15, 0.2) is 29.2 Å². The van der Waals surface area contributed by atoms with Crippen molar-refractivity contribution in [3.05, 3.63) is 29.8 Å². The molecule has 0 saturated carbocycles. The molecular weight excluding hydrogens is 272 g/mol.